The number of benzene rings is 1. The standard InChI is InChI=1S/C19H21N5O/c1-13-11-14(2)24(22-13)17-8-10-23(12-17)19(25)16-5-3-15(4-6-16)18-7-9-20-21-18/h3-7,9,11,17H,8,10,12H2,1-2H3,(H,20,21). The van der Waals surface area contributed by atoms with Gasteiger partial charge in [0, 0.05) is 30.5 Å². The molecule has 1 unspecified atom stereocenters. The van der Waals surface area contributed by atoms with Crippen LogP contribution in [0.1, 0.15) is 34.2 Å². The lowest BCUT2D eigenvalue weighted by atomic mass is 10.1. The highest BCUT2D eigenvalue weighted by atomic mass is 16.2. The molecule has 3 heterocycles. The fourth-order valence-electron chi connectivity index (χ4n) is 3.53. The first kappa shape index (κ1) is 15.6. The van der Waals surface area contributed by atoms with E-state index in [2.05, 4.69) is 33.0 Å². The second-order valence-corrected chi connectivity index (χ2v) is 6.61. The number of hydrogen-bond acceptors (Lipinski definition) is 3. The summed E-state index contributed by atoms with van der Waals surface area (Å²) in [5.74, 6) is 0.0835. The summed E-state index contributed by atoms with van der Waals surface area (Å²) in [7, 11) is 0. The lowest BCUT2D eigenvalue weighted by Crippen LogP contribution is -2.29. The van der Waals surface area contributed by atoms with Crippen molar-refractivity contribution in [3.63, 3.8) is 0 Å². The topological polar surface area (TPSA) is 66.8 Å². The van der Waals surface area contributed by atoms with Crippen LogP contribution in [0.25, 0.3) is 11.3 Å². The number of aromatic nitrogens is 4. The maximum absolute atomic E-state index is 12.8. The predicted octanol–water partition coefficient (Wildman–Crippen LogP) is 2.98. The number of aromatic amines is 1. The van der Waals surface area contributed by atoms with Gasteiger partial charge in [-0.15, -0.1) is 0 Å². The zero-order valence-corrected chi connectivity index (χ0v) is 14.4. The van der Waals surface area contributed by atoms with E-state index in [9.17, 15) is 4.79 Å². The van der Waals surface area contributed by atoms with Gasteiger partial charge in [0.2, 0.25) is 0 Å². The summed E-state index contributed by atoms with van der Waals surface area (Å²) in [6, 6.07) is 11.9. The van der Waals surface area contributed by atoms with E-state index in [0.29, 0.717) is 6.54 Å². The highest BCUT2D eigenvalue weighted by molar-refractivity contribution is 5.94. The Morgan fingerprint density at radius 1 is 1.20 bits per heavy atom. The molecule has 0 spiro atoms. The fraction of sp³-hybridized carbons (Fsp3) is 0.316. The monoisotopic (exact) mass is 335 g/mol. The van der Waals surface area contributed by atoms with Crippen LogP contribution in [0, 0.1) is 13.8 Å². The third kappa shape index (κ3) is 2.95. The molecule has 2 aromatic heterocycles. The van der Waals surface area contributed by atoms with Gasteiger partial charge in [-0.2, -0.15) is 10.2 Å². The minimum atomic E-state index is 0.0835. The molecule has 1 aromatic carbocycles. The lowest BCUT2D eigenvalue weighted by molar-refractivity contribution is 0.0787. The second kappa shape index (κ2) is 6.20. The van der Waals surface area contributed by atoms with Gasteiger partial charge in [0.1, 0.15) is 0 Å². The van der Waals surface area contributed by atoms with Crippen molar-refractivity contribution in [1.29, 1.82) is 0 Å². The van der Waals surface area contributed by atoms with Crippen molar-refractivity contribution in [1.82, 2.24) is 24.9 Å². The molecule has 1 fully saturated rings. The van der Waals surface area contributed by atoms with E-state index in [0.717, 1.165) is 41.2 Å². The Labute approximate surface area is 146 Å². The first-order valence-corrected chi connectivity index (χ1v) is 8.53. The quantitative estimate of drug-likeness (QED) is 0.800. The molecule has 1 N–H and O–H groups in total. The Morgan fingerprint density at radius 2 is 2.00 bits per heavy atom. The number of amides is 1. The molecule has 1 saturated heterocycles. The van der Waals surface area contributed by atoms with Gasteiger partial charge in [0.25, 0.3) is 5.91 Å². The molecule has 0 aliphatic carbocycles. The molecular weight excluding hydrogens is 314 g/mol. The van der Waals surface area contributed by atoms with Gasteiger partial charge < -0.3 is 4.90 Å². The van der Waals surface area contributed by atoms with Gasteiger partial charge in [-0.05, 0) is 50.1 Å². The third-order valence-corrected chi connectivity index (χ3v) is 4.78. The van der Waals surface area contributed by atoms with E-state index in [4.69, 9.17) is 0 Å². The van der Waals surface area contributed by atoms with Crippen molar-refractivity contribution in [3.8, 4) is 11.3 Å². The molecule has 0 saturated carbocycles. The Morgan fingerprint density at radius 3 is 2.64 bits per heavy atom. The largest absolute Gasteiger partial charge is 0.336 e. The number of nitrogens with zero attached hydrogens (tertiary/aromatic N) is 4. The molecule has 1 aliphatic heterocycles. The van der Waals surface area contributed by atoms with Gasteiger partial charge in [0.15, 0.2) is 0 Å². The van der Waals surface area contributed by atoms with Crippen LogP contribution in [0.15, 0.2) is 42.6 Å². The van der Waals surface area contributed by atoms with Crippen molar-refractivity contribution in [2.45, 2.75) is 26.3 Å². The third-order valence-electron chi connectivity index (χ3n) is 4.78. The zero-order valence-electron chi connectivity index (χ0n) is 14.4. The molecule has 6 nitrogen and oxygen atoms in total. The highest BCUT2D eigenvalue weighted by Crippen LogP contribution is 2.25. The van der Waals surface area contributed by atoms with Crippen LogP contribution in [0.2, 0.25) is 0 Å². The minimum absolute atomic E-state index is 0.0835. The van der Waals surface area contributed by atoms with E-state index in [-0.39, 0.29) is 11.9 Å². The second-order valence-electron chi connectivity index (χ2n) is 6.61. The Hall–Kier alpha value is -2.89. The van der Waals surface area contributed by atoms with Gasteiger partial charge in [-0.1, -0.05) is 12.1 Å². The average molecular weight is 335 g/mol. The van der Waals surface area contributed by atoms with E-state index >= 15 is 0 Å². The van der Waals surface area contributed by atoms with Crippen molar-refractivity contribution in [3.05, 3.63) is 59.5 Å². The summed E-state index contributed by atoms with van der Waals surface area (Å²) < 4.78 is 2.06. The molecular formula is C19H21N5O. The van der Waals surface area contributed by atoms with E-state index < -0.39 is 0 Å². The van der Waals surface area contributed by atoms with Crippen molar-refractivity contribution < 1.29 is 4.79 Å². The van der Waals surface area contributed by atoms with Gasteiger partial charge in [0.05, 0.1) is 17.4 Å². The van der Waals surface area contributed by atoms with Crippen LogP contribution in [0.3, 0.4) is 0 Å². The molecule has 0 radical (unpaired) electrons. The number of carbonyl (C=O) groups excluding carboxylic acids is 1. The fourth-order valence-corrected chi connectivity index (χ4v) is 3.53. The lowest BCUT2D eigenvalue weighted by Gasteiger charge is -2.17. The van der Waals surface area contributed by atoms with Crippen molar-refractivity contribution in [2.24, 2.45) is 0 Å². The number of nitrogens with one attached hydrogen (secondary N) is 1. The normalized spacial score (nSPS) is 17.2. The van der Waals surface area contributed by atoms with Gasteiger partial charge in [-0.3, -0.25) is 14.6 Å². The van der Waals surface area contributed by atoms with Crippen LogP contribution in [-0.2, 0) is 0 Å². The van der Waals surface area contributed by atoms with Gasteiger partial charge >= 0.3 is 0 Å². The first-order valence-electron chi connectivity index (χ1n) is 8.53. The number of H-pyrrole nitrogens is 1. The summed E-state index contributed by atoms with van der Waals surface area (Å²) in [5.41, 5.74) is 4.87. The molecule has 6 heteroatoms. The van der Waals surface area contributed by atoms with Crippen LogP contribution >= 0.6 is 0 Å². The zero-order chi connectivity index (χ0) is 17.4. The molecule has 0 bridgehead atoms. The Kier molecular flexibility index (Phi) is 3.87. The number of carbonyl (C=O) groups is 1. The van der Waals surface area contributed by atoms with E-state index in [1.54, 1.807) is 6.20 Å². The Balaban J connectivity index is 1.47. The number of hydrogen-bond donors (Lipinski definition) is 1. The van der Waals surface area contributed by atoms with Crippen LogP contribution in [0.4, 0.5) is 0 Å². The molecule has 1 atom stereocenters. The SMILES string of the molecule is Cc1cc(C)n(C2CCN(C(=O)c3ccc(-c4ccn[nH]4)cc3)C2)n1. The summed E-state index contributed by atoms with van der Waals surface area (Å²) >= 11 is 0. The Bertz CT molecular complexity index is 879. The predicted molar refractivity (Wildman–Crippen MR) is 95.3 cm³/mol. The van der Waals surface area contributed by atoms with E-state index in [1.165, 1.54) is 0 Å². The smallest absolute Gasteiger partial charge is 0.253 e. The number of rotatable bonds is 3. The first-order chi connectivity index (χ1) is 12.1. The summed E-state index contributed by atoms with van der Waals surface area (Å²) in [6.45, 7) is 5.55. The molecule has 25 heavy (non-hydrogen) atoms. The van der Waals surface area contributed by atoms with Crippen LogP contribution in [0.5, 0.6) is 0 Å². The molecule has 1 aliphatic rings. The molecule has 1 amide bonds. The average Bonchev–Trinajstić information content (AvgIpc) is 3.35. The van der Waals surface area contributed by atoms with Crippen LogP contribution < -0.4 is 0 Å². The minimum Gasteiger partial charge on any atom is -0.336 e. The van der Waals surface area contributed by atoms with Crippen molar-refractivity contribution in [2.75, 3.05) is 13.1 Å². The van der Waals surface area contributed by atoms with Crippen LogP contribution in [-0.4, -0.2) is 43.9 Å². The number of likely N-dealkylation sites (tertiary alicyclic amines) is 1. The molecule has 4 rings (SSSR count). The maximum Gasteiger partial charge on any atom is 0.253 e. The maximum atomic E-state index is 12.8. The summed E-state index contributed by atoms with van der Waals surface area (Å²) in [6.07, 6.45) is 2.66. The van der Waals surface area contributed by atoms with E-state index in [1.807, 2.05) is 42.2 Å². The van der Waals surface area contributed by atoms with Crippen molar-refractivity contribution >= 4 is 5.91 Å². The molecule has 3 aromatic rings. The van der Waals surface area contributed by atoms with Gasteiger partial charge in [-0.25, -0.2) is 0 Å². The summed E-state index contributed by atoms with van der Waals surface area (Å²) in [4.78, 5) is 14.7. The highest BCUT2D eigenvalue weighted by Gasteiger charge is 2.29. The summed E-state index contributed by atoms with van der Waals surface area (Å²) in [5, 5.41) is 11.5. The molecule has 128 valence electrons. The number of aryl methyl sites for hydroxylation is 2.